The summed E-state index contributed by atoms with van der Waals surface area (Å²) in [6, 6.07) is 13.5. The van der Waals surface area contributed by atoms with Gasteiger partial charge in [-0.05, 0) is 63.6 Å². The van der Waals surface area contributed by atoms with Gasteiger partial charge in [0.05, 0.1) is 36.2 Å². The monoisotopic (exact) mass is 485 g/mol. The summed E-state index contributed by atoms with van der Waals surface area (Å²) < 4.78 is 42.9. The predicted molar refractivity (Wildman–Crippen MR) is 130 cm³/mol. The zero-order valence-electron chi connectivity index (χ0n) is 20.1. The summed E-state index contributed by atoms with van der Waals surface area (Å²) in [6.07, 6.45) is 3.84. The van der Waals surface area contributed by atoms with Crippen LogP contribution in [0.5, 0.6) is 5.75 Å². The fourth-order valence-corrected chi connectivity index (χ4v) is 4.52. The normalized spacial score (nSPS) is 16.2. The third-order valence-electron chi connectivity index (χ3n) is 5.07. The minimum absolute atomic E-state index is 0.00798. The Morgan fingerprint density at radius 2 is 1.68 bits per heavy atom. The molecule has 1 aliphatic heterocycles. The van der Waals surface area contributed by atoms with Gasteiger partial charge in [0.25, 0.3) is 0 Å². The Morgan fingerprint density at radius 3 is 2.26 bits per heavy atom. The highest BCUT2D eigenvalue weighted by atomic mass is 32.2. The summed E-state index contributed by atoms with van der Waals surface area (Å²) in [6.45, 7) is 7.65. The predicted octanol–water partition coefficient (Wildman–Crippen LogP) is 5.01. The van der Waals surface area contributed by atoms with Crippen LogP contribution in [0.25, 0.3) is 0 Å². The molecule has 0 N–H and O–H groups in total. The lowest BCUT2D eigenvalue weighted by Crippen LogP contribution is -2.43. The lowest BCUT2D eigenvalue weighted by atomic mass is 10.2. The molecule has 0 radical (unpaired) electrons. The smallest absolute Gasteiger partial charge is 0.415 e. The molecule has 2 aromatic rings. The number of methoxy groups -OCH3 is 1. The lowest BCUT2D eigenvalue weighted by Gasteiger charge is -2.32. The molecule has 1 atom stereocenters. The van der Waals surface area contributed by atoms with Gasteiger partial charge in [0, 0.05) is 6.20 Å². The van der Waals surface area contributed by atoms with Crippen LogP contribution in [0.3, 0.4) is 0 Å². The third-order valence-corrected chi connectivity index (χ3v) is 6.82. The minimum atomic E-state index is -3.81. The van der Waals surface area contributed by atoms with Crippen molar-refractivity contribution < 1.29 is 27.4 Å². The highest BCUT2D eigenvalue weighted by molar-refractivity contribution is 7.95. The number of amides is 1. The minimum Gasteiger partial charge on any atom is -0.497 e. The average Bonchev–Trinajstić information content (AvgIpc) is 2.78. The van der Waals surface area contributed by atoms with E-state index in [0.29, 0.717) is 6.61 Å². The second-order valence-electron chi connectivity index (χ2n) is 9.03. The van der Waals surface area contributed by atoms with Gasteiger partial charge in [-0.1, -0.05) is 35.9 Å². The molecule has 0 fully saturated rings. The fourth-order valence-electron chi connectivity index (χ4n) is 3.24. The number of hydrogen-bond donors (Lipinski definition) is 0. The zero-order valence-corrected chi connectivity index (χ0v) is 21.0. The number of carbonyl (C=O) groups excluding carboxylic acids is 1. The van der Waals surface area contributed by atoms with E-state index in [9.17, 15) is 13.2 Å². The van der Waals surface area contributed by atoms with E-state index in [4.69, 9.17) is 14.2 Å². The molecule has 3 rings (SSSR count). The van der Waals surface area contributed by atoms with E-state index in [0.717, 1.165) is 16.9 Å². The van der Waals surface area contributed by atoms with Crippen molar-refractivity contribution in [2.75, 3.05) is 13.7 Å². The van der Waals surface area contributed by atoms with Crippen molar-refractivity contribution in [3.63, 3.8) is 0 Å². The SMILES string of the molecule is COc1ccc(COCC2C=CC(S(=O)(=O)c3ccc(C)cc3)=CN2C(=O)OC(C)(C)C)cc1. The molecule has 2 aromatic carbocycles. The molecule has 7 nitrogen and oxygen atoms in total. The van der Waals surface area contributed by atoms with Gasteiger partial charge < -0.3 is 14.2 Å². The maximum Gasteiger partial charge on any atom is 0.415 e. The molecule has 34 heavy (non-hydrogen) atoms. The molecule has 1 heterocycles. The zero-order chi connectivity index (χ0) is 24.9. The summed E-state index contributed by atoms with van der Waals surface area (Å²) >= 11 is 0. The topological polar surface area (TPSA) is 82.1 Å². The van der Waals surface area contributed by atoms with Gasteiger partial charge in [0.2, 0.25) is 9.84 Å². The molecule has 0 bridgehead atoms. The first-order valence-corrected chi connectivity index (χ1v) is 12.4. The van der Waals surface area contributed by atoms with E-state index >= 15 is 0 Å². The van der Waals surface area contributed by atoms with Crippen molar-refractivity contribution in [2.24, 2.45) is 0 Å². The molecular weight excluding hydrogens is 454 g/mol. The van der Waals surface area contributed by atoms with Gasteiger partial charge in [-0.15, -0.1) is 0 Å². The summed E-state index contributed by atoms with van der Waals surface area (Å²) in [4.78, 5) is 14.4. The van der Waals surface area contributed by atoms with Gasteiger partial charge in [0.15, 0.2) is 0 Å². The van der Waals surface area contributed by atoms with Crippen molar-refractivity contribution in [3.8, 4) is 5.75 Å². The van der Waals surface area contributed by atoms with Gasteiger partial charge in [-0.2, -0.15) is 0 Å². The van der Waals surface area contributed by atoms with Gasteiger partial charge in [0.1, 0.15) is 11.4 Å². The molecule has 8 heteroatoms. The Balaban J connectivity index is 1.79. The number of sulfone groups is 1. The molecule has 0 aliphatic carbocycles. The maximum atomic E-state index is 13.2. The maximum absolute atomic E-state index is 13.2. The fraction of sp³-hybridized carbons (Fsp3) is 0.346. The third kappa shape index (κ3) is 6.48. The quantitative estimate of drug-likeness (QED) is 0.548. The highest BCUT2D eigenvalue weighted by Crippen LogP contribution is 2.27. The lowest BCUT2D eigenvalue weighted by molar-refractivity contribution is 0.0178. The average molecular weight is 486 g/mol. The van der Waals surface area contributed by atoms with Gasteiger partial charge in [-0.3, -0.25) is 4.90 Å². The van der Waals surface area contributed by atoms with Crippen LogP contribution in [0.2, 0.25) is 0 Å². The number of aryl methyl sites for hydroxylation is 1. The molecule has 0 aromatic heterocycles. The first-order chi connectivity index (χ1) is 16.0. The number of ether oxygens (including phenoxy) is 3. The summed E-state index contributed by atoms with van der Waals surface area (Å²) in [7, 11) is -2.21. The van der Waals surface area contributed by atoms with Crippen molar-refractivity contribution in [2.45, 2.75) is 50.8 Å². The second kappa shape index (κ2) is 10.4. The molecule has 182 valence electrons. The van der Waals surface area contributed by atoms with Crippen LogP contribution in [-0.2, 0) is 25.9 Å². The first kappa shape index (κ1) is 25.5. The van der Waals surface area contributed by atoms with E-state index in [2.05, 4.69) is 0 Å². The van der Waals surface area contributed by atoms with Crippen LogP contribution < -0.4 is 4.74 Å². The summed E-state index contributed by atoms with van der Waals surface area (Å²) in [5, 5.41) is 0. The molecule has 1 unspecified atom stereocenters. The highest BCUT2D eigenvalue weighted by Gasteiger charge is 2.31. The van der Waals surface area contributed by atoms with Crippen molar-refractivity contribution in [1.82, 2.24) is 4.90 Å². The summed E-state index contributed by atoms with van der Waals surface area (Å²) in [5.41, 5.74) is 1.16. The van der Waals surface area contributed by atoms with Crippen molar-refractivity contribution >= 4 is 15.9 Å². The van der Waals surface area contributed by atoms with Gasteiger partial charge in [-0.25, -0.2) is 13.2 Å². The molecule has 1 aliphatic rings. The largest absolute Gasteiger partial charge is 0.497 e. The molecule has 0 saturated carbocycles. The van der Waals surface area contributed by atoms with E-state index in [1.165, 1.54) is 17.2 Å². The van der Waals surface area contributed by atoms with Crippen LogP contribution in [-0.4, -0.2) is 44.8 Å². The molecule has 1 amide bonds. The molecule has 0 spiro atoms. The van der Waals surface area contributed by atoms with Crippen molar-refractivity contribution in [1.29, 1.82) is 0 Å². The Labute approximate surface area is 201 Å². The Bertz CT molecular complexity index is 1160. The van der Waals surface area contributed by atoms with E-state index in [1.54, 1.807) is 58.2 Å². The van der Waals surface area contributed by atoms with Crippen LogP contribution >= 0.6 is 0 Å². The van der Waals surface area contributed by atoms with Crippen LogP contribution in [0.1, 0.15) is 31.9 Å². The molecular formula is C26H31NO6S. The second-order valence-corrected chi connectivity index (χ2v) is 11.0. The van der Waals surface area contributed by atoms with Crippen LogP contribution in [0.4, 0.5) is 4.79 Å². The number of allylic oxidation sites excluding steroid dienone is 1. The number of benzene rings is 2. The standard InChI is InChI=1S/C26H31NO6S/c1-19-6-13-23(14-7-19)34(29,30)24-15-10-21(27(16-24)25(28)33-26(2,3)4)18-32-17-20-8-11-22(31-5)12-9-20/h6-16,21H,17-18H2,1-5H3. The van der Waals surface area contributed by atoms with Gasteiger partial charge >= 0.3 is 6.09 Å². The number of hydrogen-bond acceptors (Lipinski definition) is 6. The van der Waals surface area contributed by atoms with Crippen LogP contribution in [0, 0.1) is 6.92 Å². The Hall–Kier alpha value is -3.10. The van der Waals surface area contributed by atoms with E-state index in [1.807, 2.05) is 31.2 Å². The number of nitrogens with zero attached hydrogens (tertiary/aromatic N) is 1. The summed E-state index contributed by atoms with van der Waals surface area (Å²) in [5.74, 6) is 0.752. The van der Waals surface area contributed by atoms with Crippen molar-refractivity contribution in [3.05, 3.63) is 82.9 Å². The number of rotatable bonds is 7. The first-order valence-electron chi connectivity index (χ1n) is 10.9. The molecule has 0 saturated heterocycles. The van der Waals surface area contributed by atoms with E-state index in [-0.39, 0.29) is 16.4 Å². The Kier molecular flexibility index (Phi) is 7.84. The number of carbonyl (C=O) groups is 1. The Morgan fingerprint density at radius 1 is 1.03 bits per heavy atom. The van der Waals surface area contributed by atoms with Crippen LogP contribution in [0.15, 0.2) is 76.7 Å². The van der Waals surface area contributed by atoms with E-state index < -0.39 is 27.6 Å².